The summed E-state index contributed by atoms with van der Waals surface area (Å²) >= 11 is 6.10. The van der Waals surface area contributed by atoms with E-state index in [1.165, 1.54) is 49.6 Å². The molecule has 0 bridgehead atoms. The van der Waals surface area contributed by atoms with Crippen LogP contribution < -0.4 is 5.32 Å². The van der Waals surface area contributed by atoms with Crippen molar-refractivity contribution in [2.75, 3.05) is 6.54 Å². The molecule has 1 N–H and O–H groups in total. The van der Waals surface area contributed by atoms with Crippen LogP contribution in [0.3, 0.4) is 0 Å². The van der Waals surface area contributed by atoms with Crippen molar-refractivity contribution in [1.82, 2.24) is 5.32 Å². The number of hydrogen-bond acceptors (Lipinski definition) is 1. The van der Waals surface area contributed by atoms with E-state index in [4.69, 9.17) is 0 Å². The monoisotopic (exact) mass is 455 g/mol. The maximum atomic E-state index is 3.72. The number of benzene rings is 2. The molecule has 3 heteroatoms. The molecule has 0 aromatic heterocycles. The Labute approximate surface area is 148 Å². The third-order valence-electron chi connectivity index (χ3n) is 4.13. The second-order valence-electron chi connectivity index (χ2n) is 5.54. The van der Waals surface area contributed by atoms with Gasteiger partial charge < -0.3 is 5.32 Å². The van der Waals surface area contributed by atoms with Gasteiger partial charge in [0.15, 0.2) is 0 Å². The number of nitrogens with one attached hydrogen (secondary N) is 1. The molecule has 1 nitrogen and oxygen atoms in total. The van der Waals surface area contributed by atoms with E-state index in [1.54, 1.807) is 0 Å². The molecule has 0 aliphatic heterocycles. The average molecular weight is 456 g/mol. The van der Waals surface area contributed by atoms with Gasteiger partial charge in [-0.2, -0.15) is 0 Å². The lowest BCUT2D eigenvalue weighted by Gasteiger charge is -2.21. The summed E-state index contributed by atoms with van der Waals surface area (Å²) in [5, 5.41) is 3.64. The van der Waals surface area contributed by atoms with E-state index in [-0.39, 0.29) is 6.04 Å². The van der Waals surface area contributed by atoms with Gasteiger partial charge in [0.25, 0.3) is 0 Å². The lowest BCUT2D eigenvalue weighted by Crippen LogP contribution is -2.22. The molecule has 1 atom stereocenters. The Balaban J connectivity index is 2.03. The van der Waals surface area contributed by atoms with Gasteiger partial charge in [0.05, 0.1) is 6.04 Å². The maximum absolute atomic E-state index is 3.72. The zero-order valence-corrected chi connectivity index (χ0v) is 15.9. The largest absolute Gasteiger partial charge is 0.306 e. The van der Waals surface area contributed by atoms with Crippen LogP contribution >= 0.6 is 38.5 Å². The third kappa shape index (κ3) is 3.35. The lowest BCUT2D eigenvalue weighted by atomic mass is 9.95. The fraction of sp³-hybridized carbons (Fsp3) is 0.333. The predicted octanol–water partition coefficient (Wildman–Crippen LogP) is 5.24. The molecular weight excluding hydrogens is 437 g/mol. The van der Waals surface area contributed by atoms with Crippen LogP contribution in [0, 0.1) is 3.57 Å². The first-order valence-corrected chi connectivity index (χ1v) is 9.36. The van der Waals surface area contributed by atoms with Gasteiger partial charge in [-0.25, -0.2) is 0 Å². The van der Waals surface area contributed by atoms with Crippen LogP contribution in [0.4, 0.5) is 0 Å². The normalized spacial score (nSPS) is 15.0. The van der Waals surface area contributed by atoms with E-state index in [1.807, 2.05) is 0 Å². The first-order chi connectivity index (χ1) is 10.2. The molecule has 0 saturated heterocycles. The Bertz CT molecular complexity index is 654. The first-order valence-electron chi connectivity index (χ1n) is 7.49. The summed E-state index contributed by atoms with van der Waals surface area (Å²) in [4.78, 5) is 0. The summed E-state index contributed by atoms with van der Waals surface area (Å²) in [7, 11) is 0. The van der Waals surface area contributed by atoms with Crippen LogP contribution in [0.2, 0.25) is 0 Å². The predicted molar refractivity (Wildman–Crippen MR) is 101 cm³/mol. The zero-order chi connectivity index (χ0) is 14.8. The molecular formula is C18H19BrIN. The minimum Gasteiger partial charge on any atom is -0.306 e. The van der Waals surface area contributed by atoms with Crippen LogP contribution in [0.25, 0.3) is 0 Å². The summed E-state index contributed by atoms with van der Waals surface area (Å²) in [5.41, 5.74) is 5.77. The zero-order valence-electron chi connectivity index (χ0n) is 12.1. The van der Waals surface area contributed by atoms with Crippen LogP contribution in [0.15, 0.2) is 40.9 Å². The van der Waals surface area contributed by atoms with Gasteiger partial charge in [-0.15, -0.1) is 0 Å². The third-order valence-corrected chi connectivity index (χ3v) is 5.53. The Morgan fingerprint density at radius 1 is 1.14 bits per heavy atom. The van der Waals surface area contributed by atoms with Gasteiger partial charge in [0.1, 0.15) is 0 Å². The van der Waals surface area contributed by atoms with Crippen molar-refractivity contribution in [3.05, 3.63) is 66.7 Å². The van der Waals surface area contributed by atoms with Gasteiger partial charge in [-0.3, -0.25) is 0 Å². The molecule has 0 saturated carbocycles. The van der Waals surface area contributed by atoms with Gasteiger partial charge >= 0.3 is 0 Å². The smallest absolute Gasteiger partial charge is 0.0588 e. The van der Waals surface area contributed by atoms with Crippen molar-refractivity contribution in [2.45, 2.75) is 32.2 Å². The minimum absolute atomic E-state index is 0.255. The molecule has 2 aromatic carbocycles. The highest BCUT2D eigenvalue weighted by Crippen LogP contribution is 2.32. The maximum Gasteiger partial charge on any atom is 0.0588 e. The number of halogens is 2. The molecule has 1 aliphatic rings. The van der Waals surface area contributed by atoms with E-state index in [0.29, 0.717) is 0 Å². The molecule has 0 amide bonds. The SMILES string of the molecule is CCNC(c1ccc2c(c1)CCC2)c1cc(I)ccc1Br. The quantitative estimate of drug-likeness (QED) is 0.621. The molecule has 110 valence electrons. The Morgan fingerprint density at radius 2 is 1.95 bits per heavy atom. The van der Waals surface area contributed by atoms with E-state index >= 15 is 0 Å². The highest BCUT2D eigenvalue weighted by molar-refractivity contribution is 14.1. The van der Waals surface area contributed by atoms with Crippen LogP contribution in [0.1, 0.15) is 41.6 Å². The van der Waals surface area contributed by atoms with Gasteiger partial charge in [-0.05, 0) is 88.9 Å². The van der Waals surface area contributed by atoms with Crippen LogP contribution in [0.5, 0.6) is 0 Å². The average Bonchev–Trinajstić information content (AvgIpc) is 2.95. The highest BCUT2D eigenvalue weighted by atomic mass is 127. The van der Waals surface area contributed by atoms with E-state index in [0.717, 1.165) is 6.54 Å². The van der Waals surface area contributed by atoms with Gasteiger partial charge in [-0.1, -0.05) is 41.1 Å². The van der Waals surface area contributed by atoms with Crippen molar-refractivity contribution in [2.24, 2.45) is 0 Å². The van der Waals surface area contributed by atoms with E-state index in [9.17, 15) is 0 Å². The number of fused-ring (bicyclic) bond motifs is 1. The summed E-state index contributed by atoms with van der Waals surface area (Å²) in [6.45, 7) is 3.13. The Kier molecular flexibility index (Phi) is 5.02. The summed E-state index contributed by atoms with van der Waals surface area (Å²) in [6, 6.07) is 13.8. The molecule has 2 aromatic rings. The Hall–Kier alpha value is -0.390. The van der Waals surface area contributed by atoms with Crippen molar-refractivity contribution in [3.8, 4) is 0 Å². The minimum atomic E-state index is 0.255. The number of rotatable bonds is 4. The summed E-state index contributed by atoms with van der Waals surface area (Å²) in [5.74, 6) is 0. The molecule has 0 heterocycles. The van der Waals surface area contributed by atoms with Crippen molar-refractivity contribution >= 4 is 38.5 Å². The molecule has 0 radical (unpaired) electrons. The highest BCUT2D eigenvalue weighted by Gasteiger charge is 2.19. The number of aryl methyl sites for hydroxylation is 2. The molecule has 1 aliphatic carbocycles. The Morgan fingerprint density at radius 3 is 2.76 bits per heavy atom. The van der Waals surface area contributed by atoms with Crippen molar-refractivity contribution in [1.29, 1.82) is 0 Å². The molecule has 0 fully saturated rings. The lowest BCUT2D eigenvalue weighted by molar-refractivity contribution is 0.627. The summed E-state index contributed by atoms with van der Waals surface area (Å²) in [6.07, 6.45) is 3.78. The fourth-order valence-corrected chi connectivity index (χ4v) is 4.11. The first kappa shape index (κ1) is 15.5. The van der Waals surface area contributed by atoms with Crippen molar-refractivity contribution < 1.29 is 0 Å². The molecule has 1 unspecified atom stereocenters. The second-order valence-corrected chi connectivity index (χ2v) is 7.64. The van der Waals surface area contributed by atoms with Crippen molar-refractivity contribution in [3.63, 3.8) is 0 Å². The topological polar surface area (TPSA) is 12.0 Å². The van der Waals surface area contributed by atoms with Crippen LogP contribution in [-0.2, 0) is 12.8 Å². The molecule has 0 spiro atoms. The van der Waals surface area contributed by atoms with Crippen LogP contribution in [-0.4, -0.2) is 6.54 Å². The fourth-order valence-electron chi connectivity index (χ4n) is 3.12. The molecule has 21 heavy (non-hydrogen) atoms. The standard InChI is InChI=1S/C18H19BrIN/c1-2-21-18(16-11-15(20)8-9-17(16)19)14-7-6-12-4-3-5-13(12)10-14/h6-11,18,21H,2-5H2,1H3. The number of hydrogen-bond donors (Lipinski definition) is 1. The second kappa shape index (κ2) is 6.80. The molecule has 3 rings (SSSR count). The van der Waals surface area contributed by atoms with E-state index < -0.39 is 0 Å². The van der Waals surface area contributed by atoms with Gasteiger partial charge in [0, 0.05) is 8.04 Å². The van der Waals surface area contributed by atoms with E-state index in [2.05, 4.69) is 87.2 Å². The van der Waals surface area contributed by atoms with Gasteiger partial charge in [0.2, 0.25) is 0 Å². The summed E-state index contributed by atoms with van der Waals surface area (Å²) < 4.78 is 2.45.